The number of anilines is 2. The minimum absolute atomic E-state index is 0.0883. The standard InChI is InChI=1S/C41H40N4O14S2/c1-24-32(40(46)44(42-24)28-8-12-30(13-9-28)59-60(48)49)18-26-20-34(53-3)38(35(21-26)54-4)57-16-7-17-58-39-36(55-5)22-27(23-37(39)56-6)19-33-25(2)43-45(41(33)47)29-10-14-31(15-11-29)61(50,51)52/h8-15,18-23H,7,16-17H2,1-6H3,(H,48,49)(H,50,51,52)/p-1/b32-18+,33-19+. The van der Waals surface area contributed by atoms with Gasteiger partial charge in [-0.1, -0.05) is 0 Å². The molecule has 2 aliphatic rings. The molecule has 2 heterocycles. The van der Waals surface area contributed by atoms with E-state index >= 15 is 0 Å². The lowest BCUT2D eigenvalue weighted by atomic mass is 10.1. The van der Waals surface area contributed by atoms with Crippen molar-refractivity contribution in [1.82, 2.24) is 0 Å². The van der Waals surface area contributed by atoms with Crippen LogP contribution in [0.5, 0.6) is 40.2 Å². The molecule has 0 spiro atoms. The van der Waals surface area contributed by atoms with Crippen molar-refractivity contribution in [3.05, 3.63) is 95.1 Å². The zero-order valence-electron chi connectivity index (χ0n) is 33.6. The maximum absolute atomic E-state index is 13.4. The molecule has 1 atom stereocenters. The largest absolute Gasteiger partial charge is 0.740 e. The molecule has 61 heavy (non-hydrogen) atoms. The van der Waals surface area contributed by atoms with E-state index in [9.17, 15) is 31.3 Å². The van der Waals surface area contributed by atoms with E-state index in [1.165, 1.54) is 82.0 Å². The van der Waals surface area contributed by atoms with Crippen LogP contribution in [0.1, 0.15) is 31.4 Å². The number of hydrogen-bond acceptors (Lipinski definition) is 15. The van der Waals surface area contributed by atoms with Gasteiger partial charge in [0.2, 0.25) is 11.5 Å². The molecular weight excluding hydrogens is 837 g/mol. The van der Waals surface area contributed by atoms with Crippen LogP contribution in [0.25, 0.3) is 12.2 Å². The summed E-state index contributed by atoms with van der Waals surface area (Å²) in [5.41, 5.74) is 3.32. The molecule has 0 aromatic heterocycles. The van der Waals surface area contributed by atoms with E-state index in [-0.39, 0.29) is 29.4 Å². The highest BCUT2D eigenvalue weighted by Gasteiger charge is 2.31. The molecule has 1 unspecified atom stereocenters. The van der Waals surface area contributed by atoms with Crippen molar-refractivity contribution in [2.75, 3.05) is 51.7 Å². The first kappa shape index (κ1) is 43.8. The van der Waals surface area contributed by atoms with Gasteiger partial charge in [0.25, 0.3) is 21.9 Å². The van der Waals surface area contributed by atoms with Gasteiger partial charge in [-0.2, -0.15) is 28.6 Å². The Labute approximate surface area is 353 Å². The molecule has 2 aliphatic heterocycles. The van der Waals surface area contributed by atoms with Crippen LogP contribution in [-0.4, -0.2) is 86.6 Å². The summed E-state index contributed by atoms with van der Waals surface area (Å²) in [4.78, 5) is 26.5. The lowest BCUT2D eigenvalue weighted by Crippen LogP contribution is -2.21. The highest BCUT2D eigenvalue weighted by molar-refractivity contribution is 7.85. The molecule has 0 radical (unpaired) electrons. The minimum Gasteiger partial charge on any atom is -0.740 e. The van der Waals surface area contributed by atoms with Crippen LogP contribution in [0.4, 0.5) is 11.4 Å². The molecule has 0 aliphatic carbocycles. The minimum atomic E-state index is -4.40. The summed E-state index contributed by atoms with van der Waals surface area (Å²) in [6, 6.07) is 17.7. The van der Waals surface area contributed by atoms with E-state index in [0.29, 0.717) is 80.4 Å². The van der Waals surface area contributed by atoms with Crippen LogP contribution in [0.15, 0.2) is 99.0 Å². The number of hydrogen-bond donors (Lipinski definition) is 1. The first-order valence-corrected chi connectivity index (χ1v) is 20.6. The number of hydrazone groups is 2. The van der Waals surface area contributed by atoms with Gasteiger partial charge >= 0.3 is 0 Å². The quantitative estimate of drug-likeness (QED) is 0.0590. The summed E-state index contributed by atoms with van der Waals surface area (Å²) < 4.78 is 93.2. The van der Waals surface area contributed by atoms with Crippen LogP contribution < -0.4 is 42.6 Å². The summed E-state index contributed by atoms with van der Waals surface area (Å²) in [6.07, 6.45) is 3.68. The van der Waals surface area contributed by atoms with Crippen LogP contribution in [-0.2, 0) is 31.1 Å². The number of amides is 2. The fourth-order valence-corrected chi connectivity index (χ4v) is 6.94. The van der Waals surface area contributed by atoms with Crippen molar-refractivity contribution in [2.24, 2.45) is 10.2 Å². The molecule has 0 bridgehead atoms. The Balaban J connectivity index is 1.10. The number of methoxy groups -OCH3 is 4. The average molecular weight is 876 g/mol. The number of benzene rings is 4. The molecule has 18 nitrogen and oxygen atoms in total. The third-order valence-electron chi connectivity index (χ3n) is 9.12. The van der Waals surface area contributed by atoms with E-state index < -0.39 is 33.3 Å². The van der Waals surface area contributed by atoms with Gasteiger partial charge in [-0.05, 0) is 110 Å². The topological polar surface area (TPSA) is 224 Å². The Kier molecular flexibility index (Phi) is 13.4. The van der Waals surface area contributed by atoms with Crippen LogP contribution in [0.3, 0.4) is 0 Å². The van der Waals surface area contributed by atoms with Gasteiger partial charge in [-0.15, -0.1) is 0 Å². The normalized spacial score (nSPS) is 15.8. The van der Waals surface area contributed by atoms with Gasteiger partial charge in [-0.3, -0.25) is 14.1 Å². The van der Waals surface area contributed by atoms with Crippen LogP contribution in [0, 0.1) is 0 Å². The third-order valence-corrected chi connectivity index (χ3v) is 10.3. The summed E-state index contributed by atoms with van der Waals surface area (Å²) in [7, 11) is 1.49. The molecule has 0 fully saturated rings. The fourth-order valence-electron chi connectivity index (χ4n) is 6.19. The second-order valence-electron chi connectivity index (χ2n) is 13.0. The maximum Gasteiger partial charge on any atom is 0.294 e. The van der Waals surface area contributed by atoms with Crippen molar-refractivity contribution >= 4 is 68.2 Å². The maximum atomic E-state index is 13.4. The Morgan fingerprint density at radius 3 is 1.39 bits per heavy atom. The Bertz CT molecular complexity index is 2560. The SMILES string of the molecule is COc1cc(/C=C2/C(=O)N(c3ccc(OS(=O)[O-])cc3)N=C2C)cc(OC)c1OCCCOc1c(OC)cc(/C=C2/C(=O)N(c3ccc(S(=O)(=O)O)cc3)N=C2C)cc1OC. The van der Waals surface area contributed by atoms with E-state index in [0.717, 1.165) is 5.01 Å². The van der Waals surface area contributed by atoms with Gasteiger partial charge in [-0.25, -0.2) is 4.21 Å². The number of carbonyl (C=O) groups excluding carboxylic acids is 2. The molecule has 320 valence electrons. The fraction of sp³-hybridized carbons (Fsp3) is 0.220. The summed E-state index contributed by atoms with van der Waals surface area (Å²) >= 11 is -2.73. The smallest absolute Gasteiger partial charge is 0.294 e. The third kappa shape index (κ3) is 9.84. The van der Waals surface area contributed by atoms with Crippen LogP contribution >= 0.6 is 0 Å². The van der Waals surface area contributed by atoms with Gasteiger partial charge in [0.15, 0.2) is 23.0 Å². The van der Waals surface area contributed by atoms with E-state index in [2.05, 4.69) is 14.4 Å². The molecular formula is C41H39N4O14S2-. The van der Waals surface area contributed by atoms with Gasteiger partial charge in [0, 0.05) is 6.42 Å². The zero-order chi connectivity index (χ0) is 44.0. The monoisotopic (exact) mass is 875 g/mol. The second kappa shape index (κ2) is 18.7. The number of rotatable bonds is 17. The highest BCUT2D eigenvalue weighted by Crippen LogP contribution is 2.41. The van der Waals surface area contributed by atoms with Gasteiger partial charge < -0.3 is 37.2 Å². The molecule has 20 heteroatoms. The first-order chi connectivity index (χ1) is 29.1. The Hall–Kier alpha value is -6.74. The molecule has 4 aromatic carbocycles. The molecule has 0 saturated heterocycles. The van der Waals surface area contributed by atoms with Crippen molar-refractivity contribution in [2.45, 2.75) is 25.2 Å². The van der Waals surface area contributed by atoms with Crippen LogP contribution in [0.2, 0.25) is 0 Å². The lowest BCUT2D eigenvalue weighted by molar-refractivity contribution is -0.115. The second-order valence-corrected chi connectivity index (χ2v) is 15.0. The van der Waals surface area contributed by atoms with E-state index in [1.807, 2.05) is 0 Å². The first-order valence-electron chi connectivity index (χ1n) is 18.1. The predicted octanol–water partition coefficient (Wildman–Crippen LogP) is 5.60. The molecule has 6 rings (SSSR count). The molecule has 4 aromatic rings. The van der Waals surface area contributed by atoms with Crippen molar-refractivity contribution in [3.8, 4) is 40.2 Å². The number of carbonyl (C=O) groups is 2. The van der Waals surface area contributed by atoms with Crippen molar-refractivity contribution in [3.63, 3.8) is 0 Å². The lowest BCUT2D eigenvalue weighted by Gasteiger charge is -2.17. The van der Waals surface area contributed by atoms with Gasteiger partial charge in [0.1, 0.15) is 17.1 Å². The Morgan fingerprint density at radius 2 is 1.05 bits per heavy atom. The Morgan fingerprint density at radius 1 is 0.672 bits per heavy atom. The van der Waals surface area contributed by atoms with Crippen molar-refractivity contribution in [1.29, 1.82) is 0 Å². The van der Waals surface area contributed by atoms with E-state index in [1.54, 1.807) is 50.3 Å². The molecule has 2 amide bonds. The summed E-state index contributed by atoms with van der Waals surface area (Å²) in [5.74, 6) is 1.27. The predicted molar refractivity (Wildman–Crippen MR) is 224 cm³/mol. The zero-order valence-corrected chi connectivity index (χ0v) is 35.2. The van der Waals surface area contributed by atoms with Crippen molar-refractivity contribution < 1.29 is 63.9 Å². The summed E-state index contributed by atoms with van der Waals surface area (Å²) in [6.45, 7) is 3.72. The molecule has 1 N–H and O–H groups in total. The highest BCUT2D eigenvalue weighted by atomic mass is 32.2. The average Bonchev–Trinajstić information content (AvgIpc) is 3.68. The number of nitrogens with zero attached hydrogens (tertiary/aromatic N) is 4. The summed E-state index contributed by atoms with van der Waals surface area (Å²) in [5, 5.41) is 11.0. The molecule has 0 saturated carbocycles. The van der Waals surface area contributed by atoms with Gasteiger partial charge in [0.05, 0.1) is 80.5 Å². The van der Waals surface area contributed by atoms with E-state index in [4.69, 9.17) is 28.4 Å². The number of ether oxygens (including phenoxy) is 6.